The number of aromatic amines is 1. The summed E-state index contributed by atoms with van der Waals surface area (Å²) in [6.07, 6.45) is 3.41. The van der Waals surface area contributed by atoms with Crippen molar-refractivity contribution in [1.29, 1.82) is 0 Å². The van der Waals surface area contributed by atoms with Crippen LogP contribution in [0.4, 0.5) is 11.8 Å². The number of carbonyl (C=O) groups excluding carboxylic acids is 1. The molecule has 2 aliphatic heterocycles. The molecule has 5 rings (SSSR count). The fourth-order valence-electron chi connectivity index (χ4n) is 4.44. The molecule has 5 N–H and O–H groups in total. The van der Waals surface area contributed by atoms with E-state index in [1.54, 1.807) is 0 Å². The van der Waals surface area contributed by atoms with Crippen molar-refractivity contribution in [3.63, 3.8) is 0 Å². The second-order valence-electron chi connectivity index (χ2n) is 8.45. The number of rotatable bonds is 5. The monoisotopic (exact) mass is 453 g/mol. The van der Waals surface area contributed by atoms with Gasteiger partial charge < -0.3 is 21.3 Å². The Morgan fingerprint density at radius 1 is 1.19 bits per heavy atom. The Morgan fingerprint density at radius 3 is 2.72 bits per heavy atom. The second-order valence-corrected chi connectivity index (χ2v) is 9.48. The van der Waals surface area contributed by atoms with Gasteiger partial charge in [-0.1, -0.05) is 12.1 Å². The first-order valence-corrected chi connectivity index (χ1v) is 11.9. The minimum absolute atomic E-state index is 0.120. The van der Waals surface area contributed by atoms with Crippen molar-refractivity contribution in [3.05, 3.63) is 34.6 Å². The maximum atomic E-state index is 13.3. The van der Waals surface area contributed by atoms with Crippen LogP contribution in [0.2, 0.25) is 0 Å². The third-order valence-electron chi connectivity index (χ3n) is 6.25. The summed E-state index contributed by atoms with van der Waals surface area (Å²) < 4.78 is 1.03. The van der Waals surface area contributed by atoms with Gasteiger partial charge in [0.15, 0.2) is 0 Å². The number of anilines is 2. The number of aromatic nitrogens is 3. The summed E-state index contributed by atoms with van der Waals surface area (Å²) in [4.78, 5) is 39.4. The van der Waals surface area contributed by atoms with Gasteiger partial charge in [0.05, 0.1) is 10.2 Å². The number of primary amides is 1. The molecule has 0 aliphatic carbocycles. The number of amides is 1. The molecule has 4 heterocycles. The number of nitrogens with one attached hydrogen (secondary N) is 3. The van der Waals surface area contributed by atoms with E-state index in [2.05, 4.69) is 15.6 Å². The van der Waals surface area contributed by atoms with E-state index in [1.807, 2.05) is 29.2 Å². The van der Waals surface area contributed by atoms with Crippen LogP contribution in [0, 0.1) is 5.92 Å². The van der Waals surface area contributed by atoms with Gasteiger partial charge in [-0.3, -0.25) is 14.6 Å². The van der Waals surface area contributed by atoms with E-state index >= 15 is 0 Å². The lowest BCUT2D eigenvalue weighted by atomic mass is 9.96. The van der Waals surface area contributed by atoms with E-state index in [4.69, 9.17) is 15.7 Å². The van der Waals surface area contributed by atoms with Gasteiger partial charge >= 0.3 is 0 Å². The van der Waals surface area contributed by atoms with E-state index in [0.717, 1.165) is 36.1 Å². The SMILES string of the molecule is NC(=O)C1CCN(c2nc(NC3CCCNC3)c(-c3nc4ccccc4s3)c(=O)[nH]2)CC1. The zero-order valence-electron chi connectivity index (χ0n) is 17.8. The minimum Gasteiger partial charge on any atom is -0.369 e. The van der Waals surface area contributed by atoms with Gasteiger partial charge in [-0.05, 0) is 44.4 Å². The third-order valence-corrected chi connectivity index (χ3v) is 7.30. The number of carbonyl (C=O) groups is 1. The Hall–Kier alpha value is -2.98. The maximum Gasteiger partial charge on any atom is 0.264 e. The summed E-state index contributed by atoms with van der Waals surface area (Å²) in [7, 11) is 0. The largest absolute Gasteiger partial charge is 0.369 e. The highest BCUT2D eigenvalue weighted by molar-refractivity contribution is 7.21. The first-order valence-electron chi connectivity index (χ1n) is 11.1. The molecule has 0 spiro atoms. The molecule has 0 bridgehead atoms. The summed E-state index contributed by atoms with van der Waals surface area (Å²) >= 11 is 1.49. The van der Waals surface area contributed by atoms with E-state index in [9.17, 15) is 9.59 Å². The van der Waals surface area contributed by atoms with E-state index in [0.29, 0.717) is 48.3 Å². The Kier molecular flexibility index (Phi) is 5.79. The molecule has 168 valence electrons. The summed E-state index contributed by atoms with van der Waals surface area (Å²) in [5.41, 5.74) is 6.61. The number of benzene rings is 1. The molecule has 1 unspecified atom stereocenters. The molecule has 2 aromatic heterocycles. The molecular formula is C22H27N7O2S. The third kappa shape index (κ3) is 4.20. The van der Waals surface area contributed by atoms with E-state index in [-0.39, 0.29) is 23.4 Å². The number of fused-ring (bicyclic) bond motifs is 1. The molecule has 9 nitrogen and oxygen atoms in total. The normalized spacial score (nSPS) is 19.9. The lowest BCUT2D eigenvalue weighted by molar-refractivity contribution is -0.122. The Morgan fingerprint density at radius 2 is 2.00 bits per heavy atom. The summed E-state index contributed by atoms with van der Waals surface area (Å²) in [5, 5.41) is 7.57. The summed E-state index contributed by atoms with van der Waals surface area (Å²) in [6, 6.07) is 8.07. The van der Waals surface area contributed by atoms with Gasteiger partial charge in [0.1, 0.15) is 16.4 Å². The average Bonchev–Trinajstić information content (AvgIpc) is 3.23. The van der Waals surface area contributed by atoms with Crippen LogP contribution in [0.1, 0.15) is 25.7 Å². The number of H-pyrrole nitrogens is 1. The highest BCUT2D eigenvalue weighted by atomic mass is 32.1. The highest BCUT2D eigenvalue weighted by Gasteiger charge is 2.27. The van der Waals surface area contributed by atoms with Crippen molar-refractivity contribution in [2.45, 2.75) is 31.7 Å². The zero-order chi connectivity index (χ0) is 22.1. The fraction of sp³-hybridized carbons (Fsp3) is 0.455. The van der Waals surface area contributed by atoms with E-state index < -0.39 is 0 Å². The van der Waals surface area contributed by atoms with Crippen molar-refractivity contribution in [2.24, 2.45) is 11.7 Å². The topological polar surface area (TPSA) is 129 Å². The number of hydrogen-bond acceptors (Lipinski definition) is 8. The second kappa shape index (κ2) is 8.87. The Labute approximate surface area is 189 Å². The first-order chi connectivity index (χ1) is 15.6. The summed E-state index contributed by atoms with van der Waals surface area (Å²) in [6.45, 7) is 3.09. The van der Waals surface area contributed by atoms with Crippen molar-refractivity contribution >= 4 is 39.2 Å². The molecule has 2 aliphatic rings. The van der Waals surface area contributed by atoms with Crippen molar-refractivity contribution in [3.8, 4) is 10.6 Å². The quantitative estimate of drug-likeness (QED) is 0.464. The van der Waals surface area contributed by atoms with Crippen LogP contribution in [0.3, 0.4) is 0 Å². The highest BCUT2D eigenvalue weighted by Crippen LogP contribution is 2.33. The van der Waals surface area contributed by atoms with Gasteiger partial charge in [-0.25, -0.2) is 4.98 Å². The molecule has 3 aromatic rings. The van der Waals surface area contributed by atoms with Crippen LogP contribution in [0.5, 0.6) is 0 Å². The van der Waals surface area contributed by atoms with E-state index in [1.165, 1.54) is 11.3 Å². The number of nitrogens with zero attached hydrogens (tertiary/aromatic N) is 3. The molecule has 10 heteroatoms. The van der Waals surface area contributed by atoms with Gasteiger partial charge in [0.2, 0.25) is 11.9 Å². The molecule has 1 atom stereocenters. The molecule has 1 aromatic carbocycles. The van der Waals surface area contributed by atoms with Crippen molar-refractivity contribution < 1.29 is 4.79 Å². The van der Waals surface area contributed by atoms with Gasteiger partial charge in [0, 0.05) is 31.6 Å². The standard InChI is InChI=1S/C22H27N7O2S/c23-18(30)13-7-10-29(11-8-13)22-27-19(25-14-4-3-9-24-12-14)17(20(31)28-22)21-26-15-5-1-2-6-16(15)32-21/h1-2,5-6,13-14,24H,3-4,7-12H2,(H2,23,30)(H2,25,27,28,31). The minimum atomic E-state index is -0.260. The van der Waals surface area contributed by atoms with Gasteiger partial charge in [-0.2, -0.15) is 4.98 Å². The molecule has 2 fully saturated rings. The number of thiazole rings is 1. The lowest BCUT2D eigenvalue weighted by Gasteiger charge is -2.31. The molecule has 1 amide bonds. The van der Waals surface area contributed by atoms with Crippen molar-refractivity contribution in [2.75, 3.05) is 36.4 Å². The van der Waals surface area contributed by atoms with Crippen molar-refractivity contribution in [1.82, 2.24) is 20.3 Å². The molecule has 0 radical (unpaired) electrons. The van der Waals surface area contributed by atoms with Crippen LogP contribution in [0.25, 0.3) is 20.8 Å². The average molecular weight is 454 g/mol. The first kappa shape index (κ1) is 20.9. The van der Waals surface area contributed by atoms with Crippen LogP contribution in [0.15, 0.2) is 29.1 Å². The van der Waals surface area contributed by atoms with Gasteiger partial charge in [0.25, 0.3) is 5.56 Å². The van der Waals surface area contributed by atoms with Crippen LogP contribution in [-0.4, -0.2) is 53.1 Å². The molecular weight excluding hydrogens is 426 g/mol. The van der Waals surface area contributed by atoms with Crippen LogP contribution >= 0.6 is 11.3 Å². The Bertz CT molecular complexity index is 1140. The number of piperidine rings is 2. The fourth-order valence-corrected chi connectivity index (χ4v) is 5.45. The molecule has 2 saturated heterocycles. The smallest absolute Gasteiger partial charge is 0.264 e. The number of hydrogen-bond donors (Lipinski definition) is 4. The van der Waals surface area contributed by atoms with Crippen LogP contribution in [-0.2, 0) is 4.79 Å². The van der Waals surface area contributed by atoms with Crippen LogP contribution < -0.4 is 26.8 Å². The maximum absolute atomic E-state index is 13.3. The Balaban J connectivity index is 1.52. The lowest BCUT2D eigenvalue weighted by Crippen LogP contribution is -2.41. The summed E-state index contributed by atoms with van der Waals surface area (Å²) in [5.74, 6) is 0.706. The molecule has 0 saturated carbocycles. The molecule has 32 heavy (non-hydrogen) atoms. The predicted molar refractivity (Wildman–Crippen MR) is 127 cm³/mol. The zero-order valence-corrected chi connectivity index (χ0v) is 18.6. The number of nitrogens with two attached hydrogens (primary N) is 1. The van der Waals surface area contributed by atoms with Gasteiger partial charge in [-0.15, -0.1) is 11.3 Å². The number of para-hydroxylation sites is 1. The predicted octanol–water partition coefficient (Wildman–Crippen LogP) is 1.91.